The van der Waals surface area contributed by atoms with Crippen molar-refractivity contribution in [3.63, 3.8) is 0 Å². The molecule has 0 amide bonds. The first-order chi connectivity index (χ1) is 6.88. The molecule has 0 radical (unpaired) electrons. The van der Waals surface area contributed by atoms with Gasteiger partial charge in [-0.25, -0.2) is 4.68 Å². The van der Waals surface area contributed by atoms with Crippen LogP contribution in [-0.4, -0.2) is 26.7 Å². The summed E-state index contributed by atoms with van der Waals surface area (Å²) in [5, 5.41) is 16.5. The third-order valence-corrected chi connectivity index (χ3v) is 1.88. The number of hydrogen-bond donors (Lipinski definition) is 1. The van der Waals surface area contributed by atoms with Crippen LogP contribution in [0.3, 0.4) is 0 Å². The minimum atomic E-state index is 0.102. The lowest BCUT2D eigenvalue weighted by atomic mass is 10.3. The Morgan fingerprint density at radius 1 is 1.50 bits per heavy atom. The van der Waals surface area contributed by atoms with Gasteiger partial charge in [0.15, 0.2) is 0 Å². The predicted molar refractivity (Wildman–Crippen MR) is 48.6 cm³/mol. The van der Waals surface area contributed by atoms with Gasteiger partial charge in [0.2, 0.25) is 0 Å². The van der Waals surface area contributed by atoms with E-state index in [4.69, 9.17) is 9.52 Å². The normalized spacial score (nSPS) is 10.6. The summed E-state index contributed by atoms with van der Waals surface area (Å²) in [4.78, 5) is 0. The highest BCUT2D eigenvalue weighted by Gasteiger charge is 2.01. The molecule has 0 fully saturated rings. The van der Waals surface area contributed by atoms with E-state index in [1.165, 1.54) is 0 Å². The van der Waals surface area contributed by atoms with E-state index in [9.17, 15) is 0 Å². The second-order valence-electron chi connectivity index (χ2n) is 3.01. The molecule has 0 bridgehead atoms. The first kappa shape index (κ1) is 8.96. The van der Waals surface area contributed by atoms with Gasteiger partial charge in [-0.3, -0.25) is 0 Å². The molecule has 0 unspecified atom stereocenters. The Hall–Kier alpha value is -1.62. The van der Waals surface area contributed by atoms with Crippen LogP contribution in [0.5, 0.6) is 0 Å². The van der Waals surface area contributed by atoms with Crippen molar-refractivity contribution in [1.29, 1.82) is 0 Å². The fraction of sp³-hybridized carbons (Fsp3) is 0.333. The molecule has 1 N–H and O–H groups in total. The van der Waals surface area contributed by atoms with Crippen molar-refractivity contribution in [3.05, 3.63) is 36.0 Å². The zero-order chi connectivity index (χ0) is 9.80. The Morgan fingerprint density at radius 2 is 2.43 bits per heavy atom. The maximum atomic E-state index is 8.69. The molecule has 0 atom stereocenters. The molecule has 0 aliphatic heterocycles. The van der Waals surface area contributed by atoms with E-state index in [2.05, 4.69) is 10.3 Å². The van der Waals surface area contributed by atoms with Gasteiger partial charge < -0.3 is 9.52 Å². The Labute approximate surface area is 81.0 Å². The molecular weight excluding hydrogens is 182 g/mol. The van der Waals surface area contributed by atoms with Crippen LogP contribution in [0.4, 0.5) is 0 Å². The smallest absolute Gasteiger partial charge is 0.0953 e. The molecule has 2 rings (SSSR count). The van der Waals surface area contributed by atoms with Crippen LogP contribution in [0.15, 0.2) is 29.2 Å². The van der Waals surface area contributed by atoms with E-state index in [1.54, 1.807) is 17.2 Å². The summed E-state index contributed by atoms with van der Waals surface area (Å²) < 4.78 is 6.66. The summed E-state index contributed by atoms with van der Waals surface area (Å²) >= 11 is 0. The van der Waals surface area contributed by atoms with E-state index in [0.29, 0.717) is 13.0 Å². The van der Waals surface area contributed by atoms with Crippen LogP contribution < -0.4 is 0 Å². The van der Waals surface area contributed by atoms with E-state index in [0.717, 1.165) is 11.3 Å². The summed E-state index contributed by atoms with van der Waals surface area (Å²) in [6.07, 6.45) is 5.67. The summed E-state index contributed by atoms with van der Waals surface area (Å²) in [5.74, 6) is 0. The van der Waals surface area contributed by atoms with Crippen LogP contribution in [-0.2, 0) is 13.0 Å². The van der Waals surface area contributed by atoms with Crippen molar-refractivity contribution in [3.8, 4) is 0 Å². The summed E-state index contributed by atoms with van der Waals surface area (Å²) in [6, 6.07) is 1.88. The number of nitrogens with zero attached hydrogens (tertiary/aromatic N) is 3. The molecule has 0 saturated heterocycles. The van der Waals surface area contributed by atoms with Gasteiger partial charge in [-0.15, -0.1) is 5.10 Å². The Bertz CT molecular complexity index is 380. The van der Waals surface area contributed by atoms with Gasteiger partial charge >= 0.3 is 0 Å². The summed E-state index contributed by atoms with van der Waals surface area (Å²) in [6.45, 7) is 0.749. The monoisotopic (exact) mass is 193 g/mol. The lowest BCUT2D eigenvalue weighted by Gasteiger charge is -1.94. The number of hydrogen-bond acceptors (Lipinski definition) is 4. The van der Waals surface area contributed by atoms with Crippen molar-refractivity contribution in [2.45, 2.75) is 13.0 Å². The molecule has 0 saturated carbocycles. The zero-order valence-electron chi connectivity index (χ0n) is 7.63. The minimum absolute atomic E-state index is 0.102. The van der Waals surface area contributed by atoms with Crippen LogP contribution in [0, 0.1) is 0 Å². The van der Waals surface area contributed by atoms with Crippen molar-refractivity contribution >= 4 is 0 Å². The van der Waals surface area contributed by atoms with Crippen LogP contribution >= 0.6 is 0 Å². The number of aromatic nitrogens is 3. The zero-order valence-corrected chi connectivity index (χ0v) is 7.63. The molecule has 2 aromatic rings. The highest BCUT2D eigenvalue weighted by atomic mass is 16.3. The highest BCUT2D eigenvalue weighted by molar-refractivity contribution is 5.06. The molecule has 5 nitrogen and oxygen atoms in total. The standard InChI is InChI=1S/C9H11N3O2/c13-3-1-9-6-12(11-10-9)5-8-2-4-14-7-8/h2,4,6-7,13H,1,3,5H2. The van der Waals surface area contributed by atoms with E-state index in [-0.39, 0.29) is 6.61 Å². The fourth-order valence-corrected chi connectivity index (χ4v) is 1.21. The maximum absolute atomic E-state index is 8.69. The summed E-state index contributed by atoms with van der Waals surface area (Å²) in [7, 11) is 0. The van der Waals surface area contributed by atoms with Crippen LogP contribution in [0.25, 0.3) is 0 Å². The van der Waals surface area contributed by atoms with Crippen LogP contribution in [0.1, 0.15) is 11.3 Å². The van der Waals surface area contributed by atoms with Crippen molar-refractivity contribution in [2.75, 3.05) is 6.61 Å². The van der Waals surface area contributed by atoms with Crippen molar-refractivity contribution in [2.24, 2.45) is 0 Å². The molecular formula is C9H11N3O2. The largest absolute Gasteiger partial charge is 0.472 e. The summed E-state index contributed by atoms with van der Waals surface area (Å²) in [5.41, 5.74) is 1.85. The third kappa shape index (κ3) is 2.00. The van der Waals surface area contributed by atoms with Crippen LogP contribution in [0.2, 0.25) is 0 Å². The number of furan rings is 1. The lowest BCUT2D eigenvalue weighted by Crippen LogP contribution is -1.98. The first-order valence-corrected chi connectivity index (χ1v) is 4.39. The number of aliphatic hydroxyl groups is 1. The van der Waals surface area contributed by atoms with Gasteiger partial charge in [0.1, 0.15) is 0 Å². The Balaban J connectivity index is 2.03. The average molecular weight is 193 g/mol. The van der Waals surface area contributed by atoms with Gasteiger partial charge in [-0.1, -0.05) is 5.21 Å². The second kappa shape index (κ2) is 4.06. The maximum Gasteiger partial charge on any atom is 0.0953 e. The molecule has 0 aliphatic rings. The molecule has 14 heavy (non-hydrogen) atoms. The Kier molecular flexibility index (Phi) is 2.60. The highest BCUT2D eigenvalue weighted by Crippen LogP contribution is 2.03. The second-order valence-corrected chi connectivity index (χ2v) is 3.01. The molecule has 5 heteroatoms. The lowest BCUT2D eigenvalue weighted by molar-refractivity contribution is 0.298. The molecule has 2 heterocycles. The first-order valence-electron chi connectivity index (χ1n) is 4.39. The number of aliphatic hydroxyl groups excluding tert-OH is 1. The fourth-order valence-electron chi connectivity index (χ4n) is 1.21. The molecule has 0 aromatic carbocycles. The third-order valence-electron chi connectivity index (χ3n) is 1.88. The van der Waals surface area contributed by atoms with Crippen molar-refractivity contribution in [1.82, 2.24) is 15.0 Å². The van der Waals surface area contributed by atoms with Gasteiger partial charge in [0.05, 0.1) is 24.8 Å². The SMILES string of the molecule is OCCc1cn(Cc2ccoc2)nn1. The molecule has 74 valence electrons. The Morgan fingerprint density at radius 3 is 3.14 bits per heavy atom. The predicted octanol–water partition coefficient (Wildman–Crippen LogP) is 0.454. The van der Waals surface area contributed by atoms with Gasteiger partial charge in [0, 0.05) is 24.8 Å². The minimum Gasteiger partial charge on any atom is -0.472 e. The number of rotatable bonds is 4. The quantitative estimate of drug-likeness (QED) is 0.765. The van der Waals surface area contributed by atoms with E-state index in [1.807, 2.05) is 12.3 Å². The van der Waals surface area contributed by atoms with Gasteiger partial charge in [-0.2, -0.15) is 0 Å². The molecule has 2 aromatic heterocycles. The van der Waals surface area contributed by atoms with E-state index < -0.39 is 0 Å². The molecule has 0 spiro atoms. The van der Waals surface area contributed by atoms with Gasteiger partial charge in [0.25, 0.3) is 0 Å². The molecule has 0 aliphatic carbocycles. The van der Waals surface area contributed by atoms with Crippen molar-refractivity contribution < 1.29 is 9.52 Å². The van der Waals surface area contributed by atoms with Gasteiger partial charge in [-0.05, 0) is 6.07 Å². The van der Waals surface area contributed by atoms with E-state index >= 15 is 0 Å². The topological polar surface area (TPSA) is 64.1 Å². The average Bonchev–Trinajstić information content (AvgIpc) is 2.79.